The molecule has 668 valence electrons. The molecule has 5 aliphatic rings. The van der Waals surface area contributed by atoms with Gasteiger partial charge in [-0.1, -0.05) is 81.2 Å². The molecule has 4 atom stereocenters. The Balaban J connectivity index is 0.000000226. The summed E-state index contributed by atoms with van der Waals surface area (Å²) in [5, 5.41) is 52.6. The van der Waals surface area contributed by atoms with Crippen LogP contribution in [0.5, 0.6) is 40.2 Å². The van der Waals surface area contributed by atoms with E-state index in [1.165, 1.54) is 38.5 Å². The third-order valence-corrected chi connectivity index (χ3v) is 25.8. The number of carbonyl (C=O) groups is 2. The predicted molar refractivity (Wildman–Crippen MR) is 485 cm³/mol. The molecule has 0 amide bonds. The minimum absolute atomic E-state index is 0. The second-order valence-electron chi connectivity index (χ2n) is 35.3. The summed E-state index contributed by atoms with van der Waals surface area (Å²) in [6.45, 7) is 37.3. The van der Waals surface area contributed by atoms with Gasteiger partial charge in [-0.05, 0) is 291 Å². The summed E-state index contributed by atoms with van der Waals surface area (Å²) in [7, 11) is -1.55. The molecule has 8 aromatic rings. The molecule has 0 spiro atoms. The molecule has 2 N–H and O–H groups in total. The molecule has 3 aliphatic heterocycles. The summed E-state index contributed by atoms with van der Waals surface area (Å²) in [6, 6.07) is 44.0. The zero-order valence-corrected chi connectivity index (χ0v) is 78.6. The minimum Gasteiger partial charge on any atom is -0.508 e. The van der Waals surface area contributed by atoms with Gasteiger partial charge in [0, 0.05) is 55.2 Å². The molecule has 0 bridgehead atoms. The molecule has 0 aromatic heterocycles. The van der Waals surface area contributed by atoms with Crippen molar-refractivity contribution in [1.82, 2.24) is 0 Å². The Morgan fingerprint density at radius 2 is 0.928 bits per heavy atom. The number of hydrogen-bond acceptors (Lipinski definition) is 21. The van der Waals surface area contributed by atoms with Gasteiger partial charge in [0.1, 0.15) is 77.3 Å². The predicted octanol–water partition coefficient (Wildman–Crippen LogP) is 21.6. The number of ether oxygens (including phenoxy) is 8. The third kappa shape index (κ3) is 26.8. The van der Waals surface area contributed by atoms with Gasteiger partial charge in [0.15, 0.2) is 0 Å². The number of aryl methyl sites for hydroxylation is 7. The van der Waals surface area contributed by atoms with Crippen LogP contribution >= 0.6 is 31.9 Å². The van der Waals surface area contributed by atoms with Crippen LogP contribution in [0.25, 0.3) is 11.1 Å². The first kappa shape index (κ1) is 102. The van der Waals surface area contributed by atoms with Crippen molar-refractivity contribution in [2.24, 2.45) is 21.7 Å². The lowest BCUT2D eigenvalue weighted by molar-refractivity contribution is -0.142. The number of halogens is 4. The van der Waals surface area contributed by atoms with Crippen LogP contribution < -0.4 is 33.9 Å². The number of phenolic OH excluding ortho intramolecular Hbond substituents is 1. The van der Waals surface area contributed by atoms with Crippen molar-refractivity contribution in [3.63, 3.8) is 0 Å². The summed E-state index contributed by atoms with van der Waals surface area (Å²) < 4.78 is 119. The summed E-state index contributed by atoms with van der Waals surface area (Å²) in [6.07, 6.45) is 2.40. The van der Waals surface area contributed by atoms with Crippen LogP contribution in [0.4, 0.5) is 8.78 Å². The van der Waals surface area contributed by atoms with Crippen LogP contribution in [-0.4, -0.2) is 103 Å². The molecular weight excluding hydrogens is 1750 g/mol. The molecule has 21 nitrogen and oxygen atoms in total. The molecular formula is C98H117BBr2F2N4O17S. The first-order valence-electron chi connectivity index (χ1n) is 40.9. The number of esters is 2. The van der Waals surface area contributed by atoms with Gasteiger partial charge in [-0.3, -0.25) is 13.8 Å². The molecule has 8 aromatic carbocycles. The summed E-state index contributed by atoms with van der Waals surface area (Å²) >= 11 is 6.91. The number of carbonyl (C=O) groups excluding carboxylic acids is 2. The topological polar surface area (TPSA) is 305 Å². The highest BCUT2D eigenvalue weighted by molar-refractivity contribution is 9.11. The number of methoxy groups -OCH3 is 2. The zero-order valence-electron chi connectivity index (χ0n) is 74.6. The smallest absolute Gasteiger partial charge is 0.495 e. The van der Waals surface area contributed by atoms with E-state index in [9.17, 15) is 23.3 Å². The van der Waals surface area contributed by atoms with Gasteiger partial charge >= 0.3 is 19.1 Å². The Bertz CT molecular complexity index is 5410. The number of fused-ring (bicyclic) bond motifs is 4. The largest absolute Gasteiger partial charge is 0.508 e. The highest BCUT2D eigenvalue weighted by Crippen LogP contribution is 2.48. The monoisotopic (exact) mass is 1860 g/mol. The number of phenols is 1. The fourth-order valence-corrected chi connectivity index (χ4v) is 15.4. The maximum Gasteiger partial charge on any atom is 0.495 e. The van der Waals surface area contributed by atoms with Crippen LogP contribution in [0.15, 0.2) is 135 Å². The maximum atomic E-state index is 15.3. The van der Waals surface area contributed by atoms with E-state index in [4.69, 9.17) is 77.4 Å². The summed E-state index contributed by atoms with van der Waals surface area (Å²) in [4.78, 5) is 23.5. The number of aliphatic hydroxyl groups is 1. The highest BCUT2D eigenvalue weighted by Gasteiger charge is 2.53. The van der Waals surface area contributed by atoms with Crippen molar-refractivity contribution in [3.05, 3.63) is 214 Å². The van der Waals surface area contributed by atoms with E-state index in [0.717, 1.165) is 98.2 Å². The van der Waals surface area contributed by atoms with Crippen molar-refractivity contribution < 1.29 is 88.4 Å². The van der Waals surface area contributed by atoms with Gasteiger partial charge in [-0.2, -0.15) is 29.5 Å². The summed E-state index contributed by atoms with van der Waals surface area (Å²) in [5.74, 6) is 3.28. The molecule has 1 saturated heterocycles. The van der Waals surface area contributed by atoms with Gasteiger partial charge in [-0.25, -0.2) is 8.78 Å². The molecule has 2 aliphatic carbocycles. The number of nitrogens with zero attached hydrogens (tertiary/aromatic N) is 4. The van der Waals surface area contributed by atoms with Gasteiger partial charge in [-0.15, -0.1) is 0 Å². The molecule has 0 saturated carbocycles. The Kier molecular flexibility index (Phi) is 35.1. The lowest BCUT2D eigenvalue weighted by Gasteiger charge is -2.32. The van der Waals surface area contributed by atoms with Crippen molar-refractivity contribution in [3.8, 4) is 75.7 Å². The van der Waals surface area contributed by atoms with Crippen molar-refractivity contribution in [2.75, 3.05) is 53.9 Å². The first-order valence-corrected chi connectivity index (χ1v) is 43.8. The van der Waals surface area contributed by atoms with E-state index in [0.29, 0.717) is 92.0 Å². The van der Waals surface area contributed by atoms with Crippen LogP contribution in [0, 0.1) is 127 Å². The van der Waals surface area contributed by atoms with Crippen molar-refractivity contribution in [1.29, 1.82) is 21.0 Å². The Morgan fingerprint density at radius 1 is 0.536 bits per heavy atom. The number of benzene rings is 8. The van der Waals surface area contributed by atoms with Gasteiger partial charge < -0.3 is 57.4 Å². The van der Waals surface area contributed by atoms with E-state index in [1.807, 2.05) is 183 Å². The number of nitriles is 4. The Hall–Kier alpha value is -10.1. The molecule has 125 heavy (non-hydrogen) atoms. The second kappa shape index (κ2) is 43.0. The van der Waals surface area contributed by atoms with Crippen LogP contribution in [0.2, 0.25) is 0 Å². The van der Waals surface area contributed by atoms with Crippen LogP contribution in [0.3, 0.4) is 0 Å². The van der Waals surface area contributed by atoms with Crippen molar-refractivity contribution in [2.45, 2.75) is 218 Å². The average molecular weight is 1860 g/mol. The van der Waals surface area contributed by atoms with E-state index >= 15 is 8.78 Å². The molecule has 0 radical (unpaired) electrons. The molecule has 0 unspecified atom stereocenters. The normalized spacial score (nSPS) is 16.5. The lowest BCUT2D eigenvalue weighted by Crippen LogP contribution is -2.41. The maximum absolute atomic E-state index is 15.3. The average Bonchev–Trinajstić information content (AvgIpc) is 1.80. The highest BCUT2D eigenvalue weighted by atomic mass is 79.9. The van der Waals surface area contributed by atoms with Gasteiger partial charge in [0.05, 0.1) is 116 Å². The minimum atomic E-state index is -3.77. The number of rotatable bonds is 21. The number of aliphatic hydroxyl groups excluding tert-OH is 1. The van der Waals surface area contributed by atoms with E-state index in [1.54, 1.807) is 58.0 Å². The first-order chi connectivity index (χ1) is 58.0. The SMILES string of the molecule is C.CC(C)(C#N)CO.COC(=O)C[C@@H]1COc2cc(O[C@@H]3CCc4c(-c5c(C)cc(OCC(C)(C)C#N)cc5C)ccc(F)c43)ccc21.COC(=O)C[C@@H]1COc2cc(O[C@@H]3CCc4c(B5OC(C)(C)C(C)(C)O5)ccc(F)c43)ccc21.Cc1cc(O)cc(C)c1Br.Cc1cc(OCC(C)(C)C#N)cc(C)c1Br.Cc1ccc(S(=O)(=O)OCC(C)(C)C#N)cc1. The fraction of sp³-hybridized carbons (Fsp3) is 0.449. The molecule has 27 heteroatoms. The second-order valence-corrected chi connectivity index (χ2v) is 38.5. The Labute approximate surface area is 754 Å². The Morgan fingerprint density at radius 3 is 1.34 bits per heavy atom. The molecule has 1 fully saturated rings. The van der Waals surface area contributed by atoms with Gasteiger partial charge in [0.2, 0.25) is 0 Å². The van der Waals surface area contributed by atoms with E-state index in [-0.39, 0.29) is 73.8 Å². The lowest BCUT2D eigenvalue weighted by atomic mass is 9.75. The zero-order chi connectivity index (χ0) is 91.9. The van der Waals surface area contributed by atoms with E-state index < -0.39 is 62.3 Å². The molecule has 13 rings (SSSR count). The van der Waals surface area contributed by atoms with Crippen molar-refractivity contribution >= 4 is 66.5 Å². The fourth-order valence-electron chi connectivity index (χ4n) is 13.9. The van der Waals surface area contributed by atoms with Gasteiger partial charge in [0.25, 0.3) is 10.1 Å². The third-order valence-electron chi connectivity index (χ3n) is 22.0. The number of hydrogen-bond donors (Lipinski definition) is 2. The summed E-state index contributed by atoms with van der Waals surface area (Å²) in [5.41, 5.74) is 12.0. The van der Waals surface area contributed by atoms with E-state index in [2.05, 4.69) is 44.0 Å². The standard InChI is InChI=1S/C33H34FNO5.C26H30BFO6.C13H16BrNO.C12H15NO3S.C8H9BrO.C5H9NO.CH4/c1-19-12-23(39-18-33(3,4)17-35)13-20(2)31(19)25-8-10-27(34)32-26(25)9-11-28(32)40-22-6-7-24-21(14-30(36)37-5)16-38-29(24)15-22;1-25(2)26(3,4)34-27(33-25)19-9-10-20(28)24-18(19)8-11-21(24)32-16-6-7-17-15(12-23(29)30-5)14-31-22(17)13-16;1-9-5-11(6-10(2)12(9)14)16-8-13(3,4)7-15;1-10-4-6-11(7-5-10)17(14,15)16-9-12(2,3)8-13;1-5-3-7(10)4-6(2)8(5)9;1-5(2,3-6)4-7;/h6-8,10,12-13,15,21,28H,9,11,14,16,18H2,1-5H3;6-7,9-10,13,15,21H,8,11-12,14H2,1-5H3;5-6H,8H2,1-4H3;4-7H,9H2,1-3H3;3-4,10H,1-2H3;7H,4H2,1-2H3;1H4/t21-,28-;15-,21-;;;;;/m11...../s1. The quantitative estimate of drug-likeness (QED) is 0.0383. The molecule has 3 heterocycles. The van der Waals surface area contributed by atoms with Crippen LogP contribution in [0.1, 0.15) is 213 Å². The number of aromatic hydroxyl groups is 1. The van der Waals surface area contributed by atoms with Crippen LogP contribution in [-0.2, 0) is 55.5 Å².